The summed E-state index contributed by atoms with van der Waals surface area (Å²) < 4.78 is 19.5. The number of nitrogens with one attached hydrogen (secondary N) is 1. The van der Waals surface area contributed by atoms with Crippen LogP contribution in [0.15, 0.2) is 60.7 Å². The van der Waals surface area contributed by atoms with Crippen LogP contribution < -0.4 is 4.74 Å². The molecular weight excluding hydrogens is 341 g/mol. The monoisotopic (exact) mass is 357 g/mol. The van der Waals surface area contributed by atoms with Gasteiger partial charge in [0, 0.05) is 23.6 Å². The van der Waals surface area contributed by atoms with Crippen molar-refractivity contribution in [3.8, 4) is 23.1 Å². The Morgan fingerprint density at radius 1 is 1.11 bits per heavy atom. The van der Waals surface area contributed by atoms with Crippen molar-refractivity contribution in [2.75, 3.05) is 7.11 Å². The van der Waals surface area contributed by atoms with Gasteiger partial charge in [0.2, 0.25) is 0 Å². The highest BCUT2D eigenvalue weighted by Gasteiger charge is 2.17. The van der Waals surface area contributed by atoms with Gasteiger partial charge < -0.3 is 9.72 Å². The van der Waals surface area contributed by atoms with Crippen LogP contribution in [0, 0.1) is 17.1 Å². The number of hydrogen-bond acceptors (Lipinski definition) is 3. The number of hydrogen-bond donors (Lipinski definition) is 1. The zero-order chi connectivity index (χ0) is 18.8. The number of ether oxygens (including phenoxy) is 1. The highest BCUT2D eigenvalue weighted by molar-refractivity contribution is 5.92. The molecule has 4 aromatic rings. The molecular formula is C22H16FN3O. The molecule has 132 valence electrons. The van der Waals surface area contributed by atoms with Gasteiger partial charge in [-0.05, 0) is 29.3 Å². The Labute approximate surface area is 155 Å². The number of halogens is 1. The van der Waals surface area contributed by atoms with Crippen LogP contribution >= 0.6 is 0 Å². The summed E-state index contributed by atoms with van der Waals surface area (Å²) in [5.74, 6) is -0.219. The number of fused-ring (bicyclic) bond motifs is 1. The lowest BCUT2D eigenvalue weighted by Gasteiger charge is -2.06. The van der Waals surface area contributed by atoms with Gasteiger partial charge in [0.25, 0.3) is 0 Å². The normalized spacial score (nSPS) is 10.7. The first kappa shape index (κ1) is 16.8. The molecule has 0 radical (unpaired) electrons. The minimum Gasteiger partial charge on any atom is -0.494 e. The minimum absolute atomic E-state index is 0.194. The van der Waals surface area contributed by atoms with E-state index in [0.717, 1.165) is 33.4 Å². The molecule has 0 saturated heterocycles. The topological polar surface area (TPSA) is 61.7 Å². The van der Waals surface area contributed by atoms with Crippen molar-refractivity contribution in [3.63, 3.8) is 0 Å². The van der Waals surface area contributed by atoms with E-state index in [9.17, 15) is 4.39 Å². The summed E-state index contributed by atoms with van der Waals surface area (Å²) in [6, 6.07) is 20.4. The van der Waals surface area contributed by atoms with Crippen molar-refractivity contribution < 1.29 is 9.13 Å². The summed E-state index contributed by atoms with van der Waals surface area (Å²) in [5.41, 5.74) is 4.74. The molecule has 2 aromatic heterocycles. The van der Waals surface area contributed by atoms with Crippen molar-refractivity contribution in [3.05, 3.63) is 83.4 Å². The maximum Gasteiger partial charge on any atom is 0.165 e. The highest BCUT2D eigenvalue weighted by atomic mass is 19.1. The van der Waals surface area contributed by atoms with E-state index in [4.69, 9.17) is 10.00 Å². The molecule has 0 aliphatic heterocycles. The van der Waals surface area contributed by atoms with Crippen LogP contribution in [0.3, 0.4) is 0 Å². The first-order valence-corrected chi connectivity index (χ1v) is 8.49. The van der Waals surface area contributed by atoms with E-state index in [1.807, 2.05) is 42.5 Å². The van der Waals surface area contributed by atoms with Gasteiger partial charge >= 0.3 is 0 Å². The average Bonchev–Trinajstić information content (AvgIpc) is 3.05. The van der Waals surface area contributed by atoms with Crippen LogP contribution in [0.2, 0.25) is 0 Å². The van der Waals surface area contributed by atoms with E-state index in [1.165, 1.54) is 13.2 Å². The number of H-pyrrole nitrogens is 1. The van der Waals surface area contributed by atoms with Crippen LogP contribution in [0.1, 0.15) is 17.0 Å². The summed E-state index contributed by atoms with van der Waals surface area (Å²) in [5, 5.41) is 9.88. The van der Waals surface area contributed by atoms with Crippen molar-refractivity contribution in [2.24, 2.45) is 0 Å². The summed E-state index contributed by atoms with van der Waals surface area (Å²) >= 11 is 0. The standard InChI is InChI=1S/C22H16FN3O/c1-27-21-12-20-17(11-19(21)23)18(10-15-8-5-9-16(13-24)25-15)22(26-20)14-6-3-2-4-7-14/h2-9,11-12,26H,10H2,1H3. The Balaban J connectivity index is 1.92. The smallest absolute Gasteiger partial charge is 0.165 e. The van der Waals surface area contributed by atoms with E-state index in [1.54, 1.807) is 12.1 Å². The number of rotatable bonds is 4. The molecule has 0 aliphatic carbocycles. The van der Waals surface area contributed by atoms with Gasteiger partial charge in [-0.1, -0.05) is 36.4 Å². The number of aromatic nitrogens is 2. The van der Waals surface area contributed by atoms with Gasteiger partial charge in [0.15, 0.2) is 11.6 Å². The van der Waals surface area contributed by atoms with Crippen molar-refractivity contribution >= 4 is 10.9 Å². The molecule has 5 heteroatoms. The Morgan fingerprint density at radius 3 is 2.67 bits per heavy atom. The van der Waals surface area contributed by atoms with Gasteiger partial charge in [0.05, 0.1) is 18.3 Å². The molecule has 4 rings (SSSR count). The third-order valence-electron chi connectivity index (χ3n) is 4.52. The summed E-state index contributed by atoms with van der Waals surface area (Å²) in [6.07, 6.45) is 0.478. The number of nitriles is 1. The molecule has 4 nitrogen and oxygen atoms in total. The van der Waals surface area contributed by atoms with E-state index < -0.39 is 5.82 Å². The average molecular weight is 357 g/mol. The van der Waals surface area contributed by atoms with Crippen LogP contribution in [-0.2, 0) is 6.42 Å². The summed E-state index contributed by atoms with van der Waals surface area (Å²) in [6.45, 7) is 0. The second-order valence-electron chi connectivity index (χ2n) is 6.18. The maximum atomic E-state index is 14.4. The quantitative estimate of drug-likeness (QED) is 0.568. The van der Waals surface area contributed by atoms with Gasteiger partial charge in [-0.15, -0.1) is 0 Å². The number of aromatic amines is 1. The molecule has 0 atom stereocenters. The molecule has 0 amide bonds. The maximum absolute atomic E-state index is 14.4. The van der Waals surface area contributed by atoms with Crippen molar-refractivity contribution in [1.82, 2.24) is 9.97 Å². The molecule has 2 aromatic carbocycles. The molecule has 0 fully saturated rings. The molecule has 27 heavy (non-hydrogen) atoms. The van der Waals surface area contributed by atoms with Gasteiger partial charge in [-0.3, -0.25) is 0 Å². The Kier molecular flexibility index (Phi) is 4.31. The third kappa shape index (κ3) is 3.13. The van der Waals surface area contributed by atoms with Crippen molar-refractivity contribution in [1.29, 1.82) is 5.26 Å². The number of benzene rings is 2. The SMILES string of the molecule is COc1cc2[nH]c(-c3ccccc3)c(Cc3cccc(C#N)n3)c2cc1F. The predicted octanol–water partition coefficient (Wildman–Crippen LogP) is 4.84. The first-order valence-electron chi connectivity index (χ1n) is 8.49. The third-order valence-corrected chi connectivity index (χ3v) is 4.52. The fourth-order valence-electron chi connectivity index (χ4n) is 3.26. The van der Waals surface area contributed by atoms with Gasteiger partial charge in [-0.25, -0.2) is 9.37 Å². The van der Waals surface area contributed by atoms with Gasteiger partial charge in [-0.2, -0.15) is 5.26 Å². The highest BCUT2D eigenvalue weighted by Crippen LogP contribution is 2.35. The van der Waals surface area contributed by atoms with Crippen molar-refractivity contribution in [2.45, 2.75) is 6.42 Å². The van der Waals surface area contributed by atoms with Gasteiger partial charge in [0.1, 0.15) is 11.8 Å². The minimum atomic E-state index is -0.413. The Bertz CT molecular complexity index is 1160. The largest absolute Gasteiger partial charge is 0.494 e. The number of nitrogens with zero attached hydrogens (tertiary/aromatic N) is 2. The van der Waals surface area contributed by atoms with E-state index in [0.29, 0.717) is 12.1 Å². The number of methoxy groups -OCH3 is 1. The lowest BCUT2D eigenvalue weighted by atomic mass is 10.0. The van der Waals surface area contributed by atoms with E-state index in [-0.39, 0.29) is 5.75 Å². The fraction of sp³-hybridized carbons (Fsp3) is 0.0909. The van der Waals surface area contributed by atoms with E-state index >= 15 is 0 Å². The summed E-state index contributed by atoms with van der Waals surface area (Å²) in [4.78, 5) is 7.76. The van der Waals surface area contributed by atoms with E-state index in [2.05, 4.69) is 16.0 Å². The molecule has 0 saturated carbocycles. The zero-order valence-corrected chi connectivity index (χ0v) is 14.7. The second-order valence-corrected chi connectivity index (χ2v) is 6.18. The van der Waals surface area contributed by atoms with Crippen LogP contribution in [0.25, 0.3) is 22.2 Å². The predicted molar refractivity (Wildman–Crippen MR) is 102 cm³/mol. The Morgan fingerprint density at radius 2 is 1.93 bits per heavy atom. The first-order chi connectivity index (χ1) is 13.2. The molecule has 1 N–H and O–H groups in total. The van der Waals surface area contributed by atoms with Crippen LogP contribution in [0.4, 0.5) is 4.39 Å². The van der Waals surface area contributed by atoms with Crippen LogP contribution in [-0.4, -0.2) is 17.1 Å². The fourth-order valence-corrected chi connectivity index (χ4v) is 3.26. The molecule has 0 bridgehead atoms. The number of pyridine rings is 1. The molecule has 2 heterocycles. The summed E-state index contributed by atoms with van der Waals surface area (Å²) in [7, 11) is 1.45. The lowest BCUT2D eigenvalue weighted by molar-refractivity contribution is 0.387. The molecule has 0 spiro atoms. The zero-order valence-electron chi connectivity index (χ0n) is 14.7. The Hall–Kier alpha value is -3.65. The lowest BCUT2D eigenvalue weighted by Crippen LogP contribution is -1.96. The second kappa shape index (κ2) is 6.93. The molecule has 0 unspecified atom stereocenters. The molecule has 0 aliphatic rings. The van der Waals surface area contributed by atoms with Crippen LogP contribution in [0.5, 0.6) is 5.75 Å².